The second-order valence-electron chi connectivity index (χ2n) is 4.76. The van der Waals surface area contributed by atoms with Gasteiger partial charge in [0, 0.05) is 31.8 Å². The SMILES string of the molecule is CCNC(=NCc1nnc2n1CCCC2)NCCSC. The number of rotatable bonds is 6. The number of aromatic nitrogens is 3. The van der Waals surface area contributed by atoms with Crippen LogP contribution in [0.2, 0.25) is 0 Å². The first-order chi connectivity index (χ1) is 9.85. The molecule has 0 spiro atoms. The van der Waals surface area contributed by atoms with Crippen LogP contribution in [-0.2, 0) is 19.5 Å². The van der Waals surface area contributed by atoms with Crippen LogP contribution in [0.25, 0.3) is 0 Å². The number of aliphatic imine (C=N–C) groups is 1. The van der Waals surface area contributed by atoms with E-state index in [4.69, 9.17) is 0 Å². The Morgan fingerprint density at radius 1 is 1.35 bits per heavy atom. The second-order valence-corrected chi connectivity index (χ2v) is 5.74. The van der Waals surface area contributed by atoms with Crippen molar-refractivity contribution in [2.45, 2.75) is 39.3 Å². The number of nitrogens with zero attached hydrogens (tertiary/aromatic N) is 4. The number of nitrogens with one attached hydrogen (secondary N) is 2. The quantitative estimate of drug-likeness (QED) is 0.466. The third-order valence-corrected chi connectivity index (χ3v) is 3.87. The minimum atomic E-state index is 0.585. The van der Waals surface area contributed by atoms with Gasteiger partial charge >= 0.3 is 0 Å². The van der Waals surface area contributed by atoms with Crippen LogP contribution in [0.15, 0.2) is 4.99 Å². The Hall–Kier alpha value is -1.24. The molecular formula is C13H24N6S. The maximum Gasteiger partial charge on any atom is 0.191 e. The molecule has 112 valence electrons. The standard InChI is InChI=1S/C13H24N6S/c1-3-14-13(15-7-9-20-2)16-10-12-18-17-11-6-4-5-8-19(11)12/h3-10H2,1-2H3,(H2,14,15,16). The topological polar surface area (TPSA) is 67.1 Å². The molecule has 2 rings (SSSR count). The molecule has 20 heavy (non-hydrogen) atoms. The largest absolute Gasteiger partial charge is 0.357 e. The predicted molar refractivity (Wildman–Crippen MR) is 84.2 cm³/mol. The molecule has 0 fully saturated rings. The van der Waals surface area contributed by atoms with Gasteiger partial charge < -0.3 is 15.2 Å². The van der Waals surface area contributed by atoms with E-state index in [-0.39, 0.29) is 0 Å². The number of hydrogen-bond donors (Lipinski definition) is 2. The smallest absolute Gasteiger partial charge is 0.191 e. The zero-order valence-corrected chi connectivity index (χ0v) is 13.2. The van der Waals surface area contributed by atoms with E-state index in [1.54, 1.807) is 0 Å². The lowest BCUT2D eigenvalue weighted by Crippen LogP contribution is -2.38. The van der Waals surface area contributed by atoms with E-state index in [0.29, 0.717) is 6.54 Å². The highest BCUT2D eigenvalue weighted by molar-refractivity contribution is 7.98. The van der Waals surface area contributed by atoms with E-state index < -0.39 is 0 Å². The van der Waals surface area contributed by atoms with Gasteiger partial charge in [-0.05, 0) is 26.0 Å². The van der Waals surface area contributed by atoms with Crippen LogP contribution >= 0.6 is 11.8 Å². The van der Waals surface area contributed by atoms with Crippen LogP contribution < -0.4 is 10.6 Å². The first kappa shape index (κ1) is 15.2. The van der Waals surface area contributed by atoms with E-state index in [9.17, 15) is 0 Å². The zero-order valence-electron chi connectivity index (χ0n) is 12.4. The molecule has 1 aliphatic heterocycles. The van der Waals surface area contributed by atoms with E-state index >= 15 is 0 Å². The fourth-order valence-corrected chi connectivity index (χ4v) is 2.55. The normalized spacial score (nSPS) is 15.0. The highest BCUT2D eigenvalue weighted by Crippen LogP contribution is 2.14. The number of fused-ring (bicyclic) bond motifs is 1. The number of aryl methyl sites for hydroxylation is 1. The van der Waals surface area contributed by atoms with Gasteiger partial charge in [0.15, 0.2) is 11.8 Å². The summed E-state index contributed by atoms with van der Waals surface area (Å²) in [6, 6.07) is 0. The molecule has 1 aliphatic rings. The molecule has 7 heteroatoms. The van der Waals surface area contributed by atoms with Gasteiger partial charge in [0.05, 0.1) is 0 Å². The van der Waals surface area contributed by atoms with E-state index in [2.05, 4.69) is 43.6 Å². The lowest BCUT2D eigenvalue weighted by atomic mass is 10.2. The molecule has 0 unspecified atom stereocenters. The third kappa shape index (κ3) is 4.13. The molecule has 2 N–H and O–H groups in total. The van der Waals surface area contributed by atoms with Crippen molar-refractivity contribution < 1.29 is 0 Å². The summed E-state index contributed by atoms with van der Waals surface area (Å²) >= 11 is 1.82. The summed E-state index contributed by atoms with van der Waals surface area (Å²) in [5, 5.41) is 15.1. The summed E-state index contributed by atoms with van der Waals surface area (Å²) in [5.41, 5.74) is 0. The molecule has 2 heterocycles. The van der Waals surface area contributed by atoms with Crippen molar-refractivity contribution in [1.29, 1.82) is 0 Å². The number of thioether (sulfide) groups is 1. The van der Waals surface area contributed by atoms with Crippen molar-refractivity contribution in [2.24, 2.45) is 4.99 Å². The van der Waals surface area contributed by atoms with Gasteiger partial charge in [-0.25, -0.2) is 4.99 Å². The van der Waals surface area contributed by atoms with Gasteiger partial charge in [-0.2, -0.15) is 11.8 Å². The van der Waals surface area contributed by atoms with E-state index in [0.717, 1.165) is 49.4 Å². The molecule has 0 radical (unpaired) electrons. The Balaban J connectivity index is 1.95. The molecule has 6 nitrogen and oxygen atoms in total. The Kier molecular flexibility index (Phi) is 6.17. The molecule has 1 aromatic heterocycles. The lowest BCUT2D eigenvalue weighted by molar-refractivity contribution is 0.508. The molecule has 0 amide bonds. The van der Waals surface area contributed by atoms with Gasteiger partial charge in [-0.15, -0.1) is 10.2 Å². The van der Waals surface area contributed by atoms with Gasteiger partial charge in [-0.1, -0.05) is 0 Å². The second kappa shape index (κ2) is 8.14. The van der Waals surface area contributed by atoms with Crippen LogP contribution in [0.3, 0.4) is 0 Å². The molecule has 0 saturated carbocycles. The summed E-state index contributed by atoms with van der Waals surface area (Å²) in [4.78, 5) is 4.60. The van der Waals surface area contributed by atoms with Crippen molar-refractivity contribution in [2.75, 3.05) is 25.1 Å². The van der Waals surface area contributed by atoms with Gasteiger partial charge in [0.1, 0.15) is 12.4 Å². The summed E-state index contributed by atoms with van der Waals surface area (Å²) in [7, 11) is 0. The first-order valence-corrected chi connectivity index (χ1v) is 8.66. The molecule has 0 aliphatic carbocycles. The van der Waals surface area contributed by atoms with E-state index in [1.807, 2.05) is 11.8 Å². The molecule has 0 atom stereocenters. The monoisotopic (exact) mass is 296 g/mol. The fourth-order valence-electron chi connectivity index (χ4n) is 2.25. The van der Waals surface area contributed by atoms with Crippen LogP contribution in [0, 0.1) is 0 Å². The summed E-state index contributed by atoms with van der Waals surface area (Å²) in [5.74, 6) is 4.02. The summed E-state index contributed by atoms with van der Waals surface area (Å²) < 4.78 is 2.22. The molecule has 1 aromatic rings. The highest BCUT2D eigenvalue weighted by Gasteiger charge is 2.15. The van der Waals surface area contributed by atoms with Crippen molar-refractivity contribution in [1.82, 2.24) is 25.4 Å². The molecule has 0 aromatic carbocycles. The van der Waals surface area contributed by atoms with Crippen molar-refractivity contribution in [3.63, 3.8) is 0 Å². The van der Waals surface area contributed by atoms with Gasteiger partial charge in [0.25, 0.3) is 0 Å². The summed E-state index contributed by atoms with van der Waals surface area (Å²) in [6.07, 6.45) is 5.59. The minimum Gasteiger partial charge on any atom is -0.357 e. The Bertz CT molecular complexity index is 442. The summed E-state index contributed by atoms with van der Waals surface area (Å²) in [6.45, 7) is 5.48. The fraction of sp³-hybridized carbons (Fsp3) is 0.769. The minimum absolute atomic E-state index is 0.585. The van der Waals surface area contributed by atoms with Crippen LogP contribution in [0.4, 0.5) is 0 Å². The van der Waals surface area contributed by atoms with Gasteiger partial charge in [0.2, 0.25) is 0 Å². The van der Waals surface area contributed by atoms with Crippen molar-refractivity contribution in [3.8, 4) is 0 Å². The Morgan fingerprint density at radius 2 is 2.25 bits per heavy atom. The lowest BCUT2D eigenvalue weighted by Gasteiger charge is -2.14. The predicted octanol–water partition coefficient (Wildman–Crippen LogP) is 1.03. The molecule has 0 bridgehead atoms. The van der Waals surface area contributed by atoms with E-state index in [1.165, 1.54) is 12.8 Å². The zero-order chi connectivity index (χ0) is 14.2. The molecular weight excluding hydrogens is 272 g/mol. The average Bonchev–Trinajstić information content (AvgIpc) is 2.88. The number of hydrogen-bond acceptors (Lipinski definition) is 4. The number of guanidine groups is 1. The van der Waals surface area contributed by atoms with Crippen LogP contribution in [-0.4, -0.2) is 45.8 Å². The van der Waals surface area contributed by atoms with Gasteiger partial charge in [-0.3, -0.25) is 0 Å². The van der Waals surface area contributed by atoms with Crippen molar-refractivity contribution >= 4 is 17.7 Å². The average molecular weight is 296 g/mol. The first-order valence-electron chi connectivity index (χ1n) is 7.27. The van der Waals surface area contributed by atoms with Crippen LogP contribution in [0.1, 0.15) is 31.4 Å². The Labute approximate surface area is 124 Å². The Morgan fingerprint density at radius 3 is 3.05 bits per heavy atom. The third-order valence-electron chi connectivity index (χ3n) is 3.26. The van der Waals surface area contributed by atoms with Crippen LogP contribution in [0.5, 0.6) is 0 Å². The maximum absolute atomic E-state index is 4.60. The highest BCUT2D eigenvalue weighted by atomic mass is 32.2. The van der Waals surface area contributed by atoms with Crippen molar-refractivity contribution in [3.05, 3.63) is 11.6 Å². The maximum atomic E-state index is 4.60. The molecule has 0 saturated heterocycles.